The van der Waals surface area contributed by atoms with E-state index in [0.717, 1.165) is 84.2 Å². The Bertz CT molecular complexity index is 3560. The molecule has 0 N–H and O–H groups in total. The molecule has 0 atom stereocenters. The quantitative estimate of drug-likeness (QED) is 0.164. The van der Waals surface area contributed by atoms with Gasteiger partial charge in [-0.1, -0.05) is 188 Å². The van der Waals surface area contributed by atoms with Gasteiger partial charge in [0.05, 0.1) is 16.9 Å². The Labute approximate surface area is 346 Å². The Morgan fingerprint density at radius 2 is 0.983 bits per heavy atom. The van der Waals surface area contributed by atoms with E-state index < -0.39 is 0 Å². The van der Waals surface area contributed by atoms with Crippen LogP contribution in [0.4, 0.5) is 0 Å². The average Bonchev–Trinajstić information content (AvgIpc) is 3.57. The van der Waals surface area contributed by atoms with E-state index in [1.54, 1.807) is 0 Å². The minimum atomic E-state index is 0.774. The number of fused-ring (bicyclic) bond motifs is 11. The number of allylic oxidation sites excluding steroid dienone is 3. The molecule has 0 radical (unpaired) electrons. The Morgan fingerprint density at radius 1 is 0.417 bits per heavy atom. The Hall–Kier alpha value is -7.88. The number of hydrogen-bond acceptors (Lipinski definition) is 3. The molecule has 0 unspecified atom stereocenters. The zero-order chi connectivity index (χ0) is 39.6. The molecule has 2 aromatic heterocycles. The molecule has 0 aliphatic carbocycles. The minimum Gasteiger partial charge on any atom is -0.454 e. The molecule has 3 heteroatoms. The van der Waals surface area contributed by atoms with Gasteiger partial charge in [-0.2, -0.15) is 0 Å². The maximum Gasteiger partial charge on any atom is 0.162 e. The van der Waals surface area contributed by atoms with Crippen LogP contribution in [0.15, 0.2) is 216 Å². The molecule has 0 saturated carbocycles. The highest BCUT2D eigenvalue weighted by atomic mass is 16.3. The fourth-order valence-electron chi connectivity index (χ4n) is 9.24. The lowest BCUT2D eigenvalue weighted by atomic mass is 9.91. The molecule has 0 spiro atoms. The van der Waals surface area contributed by atoms with Crippen LogP contribution in [0.3, 0.4) is 0 Å². The van der Waals surface area contributed by atoms with Gasteiger partial charge in [0, 0.05) is 32.8 Å². The SMILES string of the molecule is C1=C(c2ccccc2)CC=C(c2ccc(-c3nc4c(-c5ccc6c7ccccc7c7ccccc7c6c5)cccc4c4c3oc3ccccc34)cc2)N=C1c1ccccc1. The molecule has 1 aliphatic heterocycles. The van der Waals surface area contributed by atoms with Crippen molar-refractivity contribution in [2.24, 2.45) is 4.99 Å². The van der Waals surface area contributed by atoms with Crippen LogP contribution < -0.4 is 0 Å². The van der Waals surface area contributed by atoms with E-state index in [0.29, 0.717) is 0 Å². The van der Waals surface area contributed by atoms with Gasteiger partial charge in [0.25, 0.3) is 0 Å². The second-order valence-corrected chi connectivity index (χ2v) is 15.6. The van der Waals surface area contributed by atoms with Gasteiger partial charge >= 0.3 is 0 Å². The van der Waals surface area contributed by atoms with Crippen LogP contribution in [0.1, 0.15) is 23.1 Å². The van der Waals surface area contributed by atoms with Crippen molar-refractivity contribution in [3.63, 3.8) is 0 Å². The third-order valence-corrected chi connectivity index (χ3v) is 12.1. The number of furan rings is 1. The van der Waals surface area contributed by atoms with Crippen LogP contribution in [0.25, 0.3) is 98.8 Å². The lowest BCUT2D eigenvalue weighted by Gasteiger charge is -2.14. The maximum absolute atomic E-state index is 6.72. The number of benzene rings is 9. The van der Waals surface area contributed by atoms with Gasteiger partial charge in [0.15, 0.2) is 5.58 Å². The van der Waals surface area contributed by atoms with Crippen LogP contribution in [-0.2, 0) is 0 Å². The summed E-state index contributed by atoms with van der Waals surface area (Å²) >= 11 is 0. The zero-order valence-corrected chi connectivity index (χ0v) is 32.6. The number of aromatic nitrogens is 1. The highest BCUT2D eigenvalue weighted by Crippen LogP contribution is 2.43. The van der Waals surface area contributed by atoms with Crippen molar-refractivity contribution in [2.45, 2.75) is 6.42 Å². The highest BCUT2D eigenvalue weighted by Gasteiger charge is 2.21. The first-order chi connectivity index (χ1) is 29.7. The monoisotopic (exact) mass is 764 g/mol. The summed E-state index contributed by atoms with van der Waals surface area (Å²) in [6.45, 7) is 0. The standard InChI is InChI=1S/C57H36N2O/c1-3-14-36(15-4-1)40-31-33-51(58-52(35-40)37-16-5-2-6-17-37)38-26-28-39(29-27-38)55-57-54(48-22-11-12-25-53(48)60-57)49-24-13-23-42(56(49)59-55)41-30-32-47-45-20-8-7-18-43(45)44-19-9-10-21-46(44)50(47)34-41/h1-30,32-35H,31H2. The number of aliphatic imine (C=N–C) groups is 1. The first-order valence-corrected chi connectivity index (χ1v) is 20.5. The molecule has 280 valence electrons. The summed E-state index contributed by atoms with van der Waals surface area (Å²) in [5, 5.41) is 10.8. The van der Waals surface area contributed by atoms with E-state index in [4.69, 9.17) is 14.4 Å². The fourth-order valence-corrected chi connectivity index (χ4v) is 9.24. The smallest absolute Gasteiger partial charge is 0.162 e. The van der Waals surface area contributed by atoms with Gasteiger partial charge in [-0.15, -0.1) is 0 Å². The lowest BCUT2D eigenvalue weighted by Crippen LogP contribution is -1.98. The van der Waals surface area contributed by atoms with E-state index in [2.05, 4.69) is 194 Å². The van der Waals surface area contributed by atoms with E-state index in [1.807, 2.05) is 12.1 Å². The molecule has 0 fully saturated rings. The number of nitrogens with zero attached hydrogens (tertiary/aromatic N) is 2. The normalized spacial score (nSPS) is 13.2. The highest BCUT2D eigenvalue weighted by molar-refractivity contribution is 6.27. The van der Waals surface area contributed by atoms with E-state index in [9.17, 15) is 0 Å². The van der Waals surface area contributed by atoms with Gasteiger partial charge in [-0.05, 0) is 79.2 Å². The number of rotatable bonds is 5. The summed E-state index contributed by atoms with van der Waals surface area (Å²) in [5.74, 6) is 0. The Balaban J connectivity index is 1.02. The summed E-state index contributed by atoms with van der Waals surface area (Å²) in [4.78, 5) is 10.8. The van der Waals surface area contributed by atoms with Crippen molar-refractivity contribution in [2.75, 3.05) is 0 Å². The molecule has 3 nitrogen and oxygen atoms in total. The van der Waals surface area contributed by atoms with E-state index >= 15 is 0 Å². The molecular formula is C57H36N2O. The molecular weight excluding hydrogens is 729 g/mol. The molecule has 12 rings (SSSR count). The predicted molar refractivity (Wildman–Crippen MR) is 252 cm³/mol. The summed E-state index contributed by atoms with van der Waals surface area (Å²) < 4.78 is 6.72. The maximum atomic E-state index is 6.72. The molecule has 11 aromatic rings. The number of para-hydroxylation sites is 2. The molecule has 0 bridgehead atoms. The molecule has 3 heterocycles. The van der Waals surface area contributed by atoms with Crippen molar-refractivity contribution >= 4 is 82.1 Å². The first-order valence-electron chi connectivity index (χ1n) is 20.5. The van der Waals surface area contributed by atoms with E-state index in [1.165, 1.54) is 43.5 Å². The topological polar surface area (TPSA) is 38.4 Å². The van der Waals surface area contributed by atoms with Crippen LogP contribution in [0.2, 0.25) is 0 Å². The van der Waals surface area contributed by atoms with Crippen molar-refractivity contribution in [1.29, 1.82) is 0 Å². The molecule has 1 aliphatic rings. The van der Waals surface area contributed by atoms with Crippen molar-refractivity contribution in [3.8, 4) is 22.4 Å². The number of hydrogen-bond donors (Lipinski definition) is 0. The van der Waals surface area contributed by atoms with Gasteiger partial charge in [0.2, 0.25) is 0 Å². The fraction of sp³-hybridized carbons (Fsp3) is 0.0175. The number of pyridine rings is 1. The predicted octanol–water partition coefficient (Wildman–Crippen LogP) is 15.2. The van der Waals surface area contributed by atoms with Crippen LogP contribution in [0, 0.1) is 0 Å². The lowest BCUT2D eigenvalue weighted by molar-refractivity contribution is 0.669. The van der Waals surface area contributed by atoms with Crippen LogP contribution in [-0.4, -0.2) is 10.7 Å². The minimum absolute atomic E-state index is 0.774. The molecule has 0 amide bonds. The van der Waals surface area contributed by atoms with Crippen molar-refractivity contribution in [3.05, 3.63) is 223 Å². The van der Waals surface area contributed by atoms with Gasteiger partial charge in [-0.25, -0.2) is 9.98 Å². The molecule has 9 aromatic carbocycles. The third-order valence-electron chi connectivity index (χ3n) is 12.1. The summed E-state index contributed by atoms with van der Waals surface area (Å²) in [7, 11) is 0. The summed E-state index contributed by atoms with van der Waals surface area (Å²) in [6.07, 6.45) is 5.26. The van der Waals surface area contributed by atoms with Crippen molar-refractivity contribution < 1.29 is 4.42 Å². The zero-order valence-electron chi connectivity index (χ0n) is 32.6. The third kappa shape index (κ3) is 5.59. The van der Waals surface area contributed by atoms with Crippen molar-refractivity contribution in [1.82, 2.24) is 4.98 Å². The summed E-state index contributed by atoms with van der Waals surface area (Å²) in [6, 6.07) is 69.0. The van der Waals surface area contributed by atoms with Gasteiger partial charge in [0.1, 0.15) is 11.3 Å². The second kappa shape index (κ2) is 13.9. The van der Waals surface area contributed by atoms with Gasteiger partial charge < -0.3 is 4.42 Å². The molecule has 60 heavy (non-hydrogen) atoms. The van der Waals surface area contributed by atoms with Crippen LogP contribution in [0.5, 0.6) is 0 Å². The van der Waals surface area contributed by atoms with Gasteiger partial charge in [-0.3, -0.25) is 0 Å². The average molecular weight is 765 g/mol. The summed E-state index contributed by atoms with van der Waals surface area (Å²) in [5.41, 5.74) is 13.1. The Kier molecular flexibility index (Phi) is 7.92. The second-order valence-electron chi connectivity index (χ2n) is 15.6. The van der Waals surface area contributed by atoms with Crippen LogP contribution >= 0.6 is 0 Å². The largest absolute Gasteiger partial charge is 0.454 e. The first kappa shape index (κ1) is 34.2. The molecule has 0 saturated heterocycles. The Morgan fingerprint density at radius 3 is 1.70 bits per heavy atom. The van der Waals surface area contributed by atoms with E-state index in [-0.39, 0.29) is 0 Å².